The molecule has 0 aliphatic carbocycles. The van der Waals surface area contributed by atoms with Gasteiger partial charge in [-0.2, -0.15) is 0 Å². The summed E-state index contributed by atoms with van der Waals surface area (Å²) in [4.78, 5) is 27.2. The molecule has 0 saturated heterocycles. The number of carbonyl (C=O) groups excluding carboxylic acids is 1. The number of amides is 1. The second-order valence-corrected chi connectivity index (χ2v) is 3.84. The van der Waals surface area contributed by atoms with E-state index in [1.54, 1.807) is 19.2 Å². The van der Waals surface area contributed by atoms with E-state index < -0.39 is 11.8 Å². The van der Waals surface area contributed by atoms with Gasteiger partial charge in [-0.25, -0.2) is 0 Å². The van der Waals surface area contributed by atoms with Gasteiger partial charge >= 0.3 is 0 Å². The number of allylic oxidation sites excluding steroid dienone is 1. The molecule has 1 aliphatic heterocycles. The Kier molecular flexibility index (Phi) is 7.74. The smallest absolute Gasteiger partial charge is 0.226 e. The highest BCUT2D eigenvalue weighted by Gasteiger charge is 2.13. The predicted octanol–water partition coefficient (Wildman–Crippen LogP) is 1.25. The van der Waals surface area contributed by atoms with Gasteiger partial charge in [-0.3, -0.25) is 24.8 Å². The van der Waals surface area contributed by atoms with Gasteiger partial charge < -0.3 is 10.5 Å². The second kappa shape index (κ2) is 10.0. The van der Waals surface area contributed by atoms with Crippen LogP contribution in [0.2, 0.25) is 0 Å². The molecule has 1 heterocycles. The number of aliphatic imine (C=N–C) groups is 4. The average molecular weight is 287 g/mol. The van der Waals surface area contributed by atoms with E-state index in [0.29, 0.717) is 12.3 Å². The van der Waals surface area contributed by atoms with Crippen molar-refractivity contribution >= 4 is 30.8 Å². The Balaban J connectivity index is 2.92. The van der Waals surface area contributed by atoms with Gasteiger partial charge in [0.05, 0.1) is 17.9 Å². The minimum absolute atomic E-state index is 0.334. The largest absolute Gasteiger partial charge is 0.495 e. The van der Waals surface area contributed by atoms with Crippen molar-refractivity contribution in [3.8, 4) is 0 Å². The molecule has 0 spiro atoms. The Bertz CT molecular complexity index is 542. The molecule has 0 radical (unpaired) electrons. The van der Waals surface area contributed by atoms with E-state index in [4.69, 9.17) is 10.5 Å². The van der Waals surface area contributed by atoms with Gasteiger partial charge in [0, 0.05) is 43.5 Å². The number of hydrogen-bond acceptors (Lipinski definition) is 6. The topological polar surface area (TPSA) is 102 Å². The van der Waals surface area contributed by atoms with Crippen LogP contribution in [0, 0.1) is 5.92 Å². The number of hydrogen-bond donors (Lipinski definition) is 1. The van der Waals surface area contributed by atoms with Gasteiger partial charge in [-0.05, 0) is 13.0 Å². The maximum absolute atomic E-state index is 11.2. The third kappa shape index (κ3) is 7.36. The molecule has 1 aliphatic rings. The third-order valence-electron chi connectivity index (χ3n) is 2.32. The molecule has 1 unspecified atom stereocenters. The van der Waals surface area contributed by atoms with E-state index in [-0.39, 0.29) is 0 Å². The molecule has 0 fully saturated rings. The molecule has 2 N–H and O–H groups in total. The van der Waals surface area contributed by atoms with E-state index in [0.717, 1.165) is 0 Å². The summed E-state index contributed by atoms with van der Waals surface area (Å²) >= 11 is 0. The first-order valence-corrected chi connectivity index (χ1v) is 6.23. The van der Waals surface area contributed by atoms with Crippen molar-refractivity contribution in [2.75, 3.05) is 6.61 Å². The van der Waals surface area contributed by atoms with Crippen LogP contribution < -0.4 is 5.73 Å². The minimum atomic E-state index is -0.546. The fourth-order valence-corrected chi connectivity index (χ4v) is 1.15. The van der Waals surface area contributed by atoms with E-state index in [2.05, 4.69) is 20.0 Å². The molecule has 0 aromatic rings. The molecule has 1 rings (SSSR count). The van der Waals surface area contributed by atoms with Crippen LogP contribution in [0.25, 0.3) is 0 Å². The van der Waals surface area contributed by atoms with Crippen molar-refractivity contribution in [1.82, 2.24) is 0 Å². The number of nitrogens with two attached hydrogens (primary N) is 1. The maximum atomic E-state index is 11.2. The van der Waals surface area contributed by atoms with Crippen LogP contribution in [0.4, 0.5) is 0 Å². The van der Waals surface area contributed by atoms with Crippen LogP contribution in [0.15, 0.2) is 56.6 Å². The Labute approximate surface area is 123 Å². The number of carbonyl (C=O) groups is 1. The van der Waals surface area contributed by atoms with Gasteiger partial charge in [0.25, 0.3) is 0 Å². The second-order valence-electron chi connectivity index (χ2n) is 3.84. The van der Waals surface area contributed by atoms with Gasteiger partial charge in [0.15, 0.2) is 0 Å². The van der Waals surface area contributed by atoms with Crippen molar-refractivity contribution in [2.45, 2.75) is 6.92 Å². The number of primary amides is 1. The number of ether oxygens (including phenoxy) is 1. The molecule has 7 heteroatoms. The SMILES string of the molecule is CC(C(N)=O)C1=CN=CC=NC=CN=CCOC=CC=N1. The molecular formula is C14H17N5O2. The first-order chi connectivity index (χ1) is 10.2. The third-order valence-corrected chi connectivity index (χ3v) is 2.32. The lowest BCUT2D eigenvalue weighted by Crippen LogP contribution is -2.21. The molecular weight excluding hydrogens is 270 g/mol. The molecule has 0 bridgehead atoms. The summed E-state index contributed by atoms with van der Waals surface area (Å²) in [5.74, 6) is -1.02. The Hall–Kier alpha value is -2.83. The fourth-order valence-electron chi connectivity index (χ4n) is 1.15. The van der Waals surface area contributed by atoms with Gasteiger partial charge in [-0.1, -0.05) is 0 Å². The Morgan fingerprint density at radius 1 is 1.24 bits per heavy atom. The lowest BCUT2D eigenvalue weighted by molar-refractivity contribution is -0.120. The first kappa shape index (κ1) is 16.2. The summed E-state index contributed by atoms with van der Waals surface area (Å²) < 4.78 is 5.14. The monoisotopic (exact) mass is 287 g/mol. The van der Waals surface area contributed by atoms with Crippen LogP contribution in [0.5, 0.6) is 0 Å². The Morgan fingerprint density at radius 3 is 2.81 bits per heavy atom. The van der Waals surface area contributed by atoms with Crippen LogP contribution >= 0.6 is 0 Å². The quantitative estimate of drug-likeness (QED) is 0.826. The summed E-state index contributed by atoms with van der Waals surface area (Å²) in [7, 11) is 0. The summed E-state index contributed by atoms with van der Waals surface area (Å²) in [6.45, 7) is 1.99. The van der Waals surface area contributed by atoms with Crippen LogP contribution in [0.3, 0.4) is 0 Å². The van der Waals surface area contributed by atoms with E-state index in [1.807, 2.05) is 0 Å². The lowest BCUT2D eigenvalue weighted by atomic mass is 10.1. The molecule has 7 nitrogen and oxygen atoms in total. The maximum Gasteiger partial charge on any atom is 0.226 e. The number of rotatable bonds is 2. The average Bonchev–Trinajstić information content (AvgIpc) is 2.46. The van der Waals surface area contributed by atoms with E-state index in [9.17, 15) is 4.79 Å². The zero-order chi connectivity index (χ0) is 15.3. The molecule has 0 aromatic heterocycles. The van der Waals surface area contributed by atoms with Crippen LogP contribution in [-0.4, -0.2) is 37.4 Å². The van der Waals surface area contributed by atoms with Gasteiger partial charge in [0.2, 0.25) is 5.91 Å². The lowest BCUT2D eigenvalue weighted by Gasteiger charge is -2.05. The molecule has 21 heavy (non-hydrogen) atoms. The van der Waals surface area contributed by atoms with E-state index >= 15 is 0 Å². The van der Waals surface area contributed by atoms with Gasteiger partial charge in [-0.15, -0.1) is 0 Å². The van der Waals surface area contributed by atoms with Crippen molar-refractivity contribution < 1.29 is 9.53 Å². The highest BCUT2D eigenvalue weighted by molar-refractivity contribution is 6.16. The highest BCUT2D eigenvalue weighted by atomic mass is 16.5. The fraction of sp³-hybridized carbons (Fsp3) is 0.214. The van der Waals surface area contributed by atoms with Crippen molar-refractivity contribution in [3.63, 3.8) is 0 Å². The molecule has 110 valence electrons. The standard InChI is InChI=1S/C14H17N5O2/c1-12(14(15)20)13-11-18-7-6-16-4-5-17-8-10-21-9-2-3-19-13/h2-9,11-12H,10H2,1H3,(H2,15,20). The van der Waals surface area contributed by atoms with Crippen molar-refractivity contribution in [2.24, 2.45) is 31.6 Å². The van der Waals surface area contributed by atoms with E-state index in [1.165, 1.54) is 43.5 Å². The molecule has 1 amide bonds. The van der Waals surface area contributed by atoms with Crippen molar-refractivity contribution in [3.05, 3.63) is 36.6 Å². The van der Waals surface area contributed by atoms with Crippen LogP contribution in [-0.2, 0) is 9.53 Å². The predicted molar refractivity (Wildman–Crippen MR) is 84.6 cm³/mol. The summed E-state index contributed by atoms with van der Waals surface area (Å²) in [5.41, 5.74) is 5.71. The summed E-state index contributed by atoms with van der Waals surface area (Å²) in [6.07, 6.45) is 13.6. The minimum Gasteiger partial charge on any atom is -0.495 e. The van der Waals surface area contributed by atoms with Crippen LogP contribution in [0.1, 0.15) is 6.92 Å². The zero-order valence-corrected chi connectivity index (χ0v) is 11.7. The van der Waals surface area contributed by atoms with Gasteiger partial charge in [0.1, 0.15) is 6.61 Å². The zero-order valence-electron chi connectivity index (χ0n) is 11.7. The summed E-state index contributed by atoms with van der Waals surface area (Å²) in [5, 5.41) is 0. The van der Waals surface area contributed by atoms with Crippen molar-refractivity contribution in [1.29, 1.82) is 0 Å². The normalized spacial score (nSPS) is 17.3. The number of nitrogens with zero attached hydrogens (tertiary/aromatic N) is 4. The summed E-state index contributed by atoms with van der Waals surface area (Å²) in [6, 6.07) is 0. The first-order valence-electron chi connectivity index (χ1n) is 6.23. The molecule has 1 atom stereocenters. The molecule has 0 aromatic carbocycles. The Morgan fingerprint density at radius 2 is 2.00 bits per heavy atom. The molecule has 0 saturated carbocycles. The highest BCUT2D eigenvalue weighted by Crippen LogP contribution is 2.11.